The molecule has 0 saturated carbocycles. The van der Waals surface area contributed by atoms with Gasteiger partial charge >= 0.3 is 0 Å². The van der Waals surface area contributed by atoms with E-state index in [1.54, 1.807) is 0 Å². The molecule has 0 aromatic heterocycles. The van der Waals surface area contributed by atoms with Crippen LogP contribution in [0.2, 0.25) is 0 Å². The summed E-state index contributed by atoms with van der Waals surface area (Å²) in [4.78, 5) is 2.46. The average molecular weight is 247 g/mol. The highest BCUT2D eigenvalue weighted by Gasteiger charge is 2.35. The van der Waals surface area contributed by atoms with E-state index in [1.165, 1.54) is 11.1 Å². The first-order chi connectivity index (χ1) is 8.81. The maximum absolute atomic E-state index is 9.74. The monoisotopic (exact) mass is 247 g/mol. The number of ether oxygens (including phenoxy) is 1. The van der Waals surface area contributed by atoms with Crippen LogP contribution in [0.15, 0.2) is 24.3 Å². The van der Waals surface area contributed by atoms with Crippen molar-refractivity contribution in [3.05, 3.63) is 35.4 Å². The van der Waals surface area contributed by atoms with Crippen LogP contribution in [-0.4, -0.2) is 36.4 Å². The molecule has 1 aromatic carbocycles. The molecule has 98 valence electrons. The predicted octanol–water partition coefficient (Wildman–Crippen LogP) is 1.79. The van der Waals surface area contributed by atoms with E-state index in [0.29, 0.717) is 0 Å². The van der Waals surface area contributed by atoms with E-state index in [0.717, 1.165) is 45.7 Å². The number of benzene rings is 1. The number of aliphatic hydroxyl groups excluding tert-OH is 1. The van der Waals surface area contributed by atoms with E-state index in [1.807, 2.05) is 0 Å². The molecule has 3 rings (SSSR count). The van der Waals surface area contributed by atoms with E-state index in [9.17, 15) is 5.11 Å². The van der Waals surface area contributed by atoms with Crippen molar-refractivity contribution < 1.29 is 9.84 Å². The molecular formula is C15H21NO2. The Kier molecular flexibility index (Phi) is 3.37. The molecule has 0 radical (unpaired) electrons. The maximum Gasteiger partial charge on any atom is 0.0501 e. The summed E-state index contributed by atoms with van der Waals surface area (Å²) in [5.41, 5.74) is 2.94. The van der Waals surface area contributed by atoms with Crippen LogP contribution in [0.25, 0.3) is 0 Å². The molecule has 2 heterocycles. The Hall–Kier alpha value is -0.900. The maximum atomic E-state index is 9.74. The summed E-state index contributed by atoms with van der Waals surface area (Å²) < 4.78 is 5.42. The fraction of sp³-hybridized carbons (Fsp3) is 0.600. The first-order valence-corrected chi connectivity index (χ1v) is 6.79. The minimum absolute atomic E-state index is 0.0558. The van der Waals surface area contributed by atoms with E-state index >= 15 is 0 Å². The predicted molar refractivity (Wildman–Crippen MR) is 70.1 cm³/mol. The fourth-order valence-corrected chi connectivity index (χ4v) is 3.16. The number of nitrogens with zero attached hydrogens (tertiary/aromatic N) is 1. The van der Waals surface area contributed by atoms with Crippen LogP contribution in [0.4, 0.5) is 0 Å². The summed E-state index contributed by atoms with van der Waals surface area (Å²) in [5, 5.41) is 9.74. The highest BCUT2D eigenvalue weighted by molar-refractivity contribution is 5.30. The van der Waals surface area contributed by atoms with Crippen LogP contribution in [0, 0.1) is 5.41 Å². The Morgan fingerprint density at radius 2 is 1.72 bits per heavy atom. The van der Waals surface area contributed by atoms with Crippen molar-refractivity contribution in [2.75, 3.05) is 26.4 Å². The summed E-state index contributed by atoms with van der Waals surface area (Å²) >= 11 is 0. The normalized spacial score (nSPS) is 22.9. The average Bonchev–Trinajstić information content (AvgIpc) is 2.81. The zero-order valence-electron chi connectivity index (χ0n) is 10.8. The molecule has 18 heavy (non-hydrogen) atoms. The van der Waals surface area contributed by atoms with Crippen molar-refractivity contribution in [1.82, 2.24) is 4.90 Å². The van der Waals surface area contributed by atoms with Gasteiger partial charge in [-0.2, -0.15) is 0 Å². The number of hydrogen-bond donors (Lipinski definition) is 1. The standard InChI is InChI=1S/C15H21NO2/c17-12-15(5-7-18-8-6-15)11-16-9-13-3-1-2-4-14(13)10-16/h1-4,17H,5-12H2. The molecule has 3 heteroatoms. The van der Waals surface area contributed by atoms with Crippen molar-refractivity contribution in [2.24, 2.45) is 5.41 Å². The van der Waals surface area contributed by atoms with Crippen molar-refractivity contribution in [3.63, 3.8) is 0 Å². The zero-order chi connectivity index (χ0) is 12.4. The fourth-order valence-electron chi connectivity index (χ4n) is 3.16. The minimum Gasteiger partial charge on any atom is -0.396 e. The number of rotatable bonds is 3. The Labute approximate surface area is 108 Å². The van der Waals surface area contributed by atoms with Crippen molar-refractivity contribution in [3.8, 4) is 0 Å². The lowest BCUT2D eigenvalue weighted by Crippen LogP contribution is -2.42. The third-order valence-corrected chi connectivity index (χ3v) is 4.35. The third-order valence-electron chi connectivity index (χ3n) is 4.35. The molecule has 0 atom stereocenters. The van der Waals surface area contributed by atoms with Crippen LogP contribution < -0.4 is 0 Å². The third kappa shape index (κ3) is 2.30. The van der Waals surface area contributed by atoms with Crippen molar-refractivity contribution in [1.29, 1.82) is 0 Å². The van der Waals surface area contributed by atoms with Crippen LogP contribution in [-0.2, 0) is 17.8 Å². The molecule has 2 aliphatic heterocycles. The van der Waals surface area contributed by atoms with Gasteiger partial charge < -0.3 is 9.84 Å². The van der Waals surface area contributed by atoms with Crippen LogP contribution in [0.1, 0.15) is 24.0 Å². The van der Waals surface area contributed by atoms with Gasteiger partial charge in [-0.1, -0.05) is 24.3 Å². The lowest BCUT2D eigenvalue weighted by molar-refractivity contribution is -0.0350. The van der Waals surface area contributed by atoms with Gasteiger partial charge in [0.2, 0.25) is 0 Å². The highest BCUT2D eigenvalue weighted by Crippen LogP contribution is 2.34. The molecule has 0 aliphatic carbocycles. The number of aliphatic hydroxyl groups is 1. The lowest BCUT2D eigenvalue weighted by Gasteiger charge is -2.38. The molecule has 0 bridgehead atoms. The van der Waals surface area contributed by atoms with Crippen molar-refractivity contribution in [2.45, 2.75) is 25.9 Å². The molecule has 0 amide bonds. The van der Waals surface area contributed by atoms with Gasteiger partial charge in [0, 0.05) is 38.3 Å². The van der Waals surface area contributed by atoms with Gasteiger partial charge in [0.25, 0.3) is 0 Å². The van der Waals surface area contributed by atoms with Gasteiger partial charge in [0.1, 0.15) is 0 Å². The van der Waals surface area contributed by atoms with Gasteiger partial charge in [0.15, 0.2) is 0 Å². The van der Waals surface area contributed by atoms with Gasteiger partial charge in [-0.15, -0.1) is 0 Å². The smallest absolute Gasteiger partial charge is 0.0501 e. The second-order valence-corrected chi connectivity index (χ2v) is 5.68. The summed E-state index contributed by atoms with van der Waals surface area (Å²) in [5.74, 6) is 0. The van der Waals surface area contributed by atoms with Crippen LogP contribution >= 0.6 is 0 Å². The summed E-state index contributed by atoms with van der Waals surface area (Å²) in [6.07, 6.45) is 1.96. The lowest BCUT2D eigenvalue weighted by atomic mass is 9.80. The van der Waals surface area contributed by atoms with Gasteiger partial charge in [0.05, 0.1) is 6.61 Å². The Morgan fingerprint density at radius 3 is 2.28 bits per heavy atom. The highest BCUT2D eigenvalue weighted by atomic mass is 16.5. The Morgan fingerprint density at radius 1 is 1.11 bits per heavy atom. The molecule has 1 saturated heterocycles. The zero-order valence-corrected chi connectivity index (χ0v) is 10.8. The number of fused-ring (bicyclic) bond motifs is 1. The van der Waals surface area contributed by atoms with Crippen LogP contribution in [0.3, 0.4) is 0 Å². The second kappa shape index (κ2) is 5.00. The molecule has 0 spiro atoms. The van der Waals surface area contributed by atoms with E-state index in [2.05, 4.69) is 29.2 Å². The molecule has 0 unspecified atom stereocenters. The molecule has 1 fully saturated rings. The SMILES string of the molecule is OCC1(CN2Cc3ccccc3C2)CCOCC1. The molecular weight excluding hydrogens is 226 g/mol. The van der Waals surface area contributed by atoms with E-state index < -0.39 is 0 Å². The summed E-state index contributed by atoms with van der Waals surface area (Å²) in [7, 11) is 0. The molecule has 3 nitrogen and oxygen atoms in total. The van der Waals surface area contributed by atoms with E-state index in [-0.39, 0.29) is 12.0 Å². The quantitative estimate of drug-likeness (QED) is 0.884. The van der Waals surface area contributed by atoms with Gasteiger partial charge in [-0.25, -0.2) is 0 Å². The Balaban J connectivity index is 1.67. The Bertz CT molecular complexity index is 388. The number of hydrogen-bond acceptors (Lipinski definition) is 3. The summed E-state index contributed by atoms with van der Waals surface area (Å²) in [6, 6.07) is 8.65. The first-order valence-electron chi connectivity index (χ1n) is 6.79. The first kappa shape index (κ1) is 12.2. The van der Waals surface area contributed by atoms with Gasteiger partial charge in [-0.05, 0) is 24.0 Å². The summed E-state index contributed by atoms with van der Waals surface area (Å²) in [6.45, 7) is 4.91. The van der Waals surface area contributed by atoms with Crippen LogP contribution in [0.5, 0.6) is 0 Å². The van der Waals surface area contributed by atoms with Crippen molar-refractivity contribution >= 4 is 0 Å². The second-order valence-electron chi connectivity index (χ2n) is 5.68. The largest absolute Gasteiger partial charge is 0.396 e. The van der Waals surface area contributed by atoms with E-state index in [4.69, 9.17) is 4.74 Å². The molecule has 1 N–H and O–H groups in total. The topological polar surface area (TPSA) is 32.7 Å². The van der Waals surface area contributed by atoms with Gasteiger partial charge in [-0.3, -0.25) is 4.90 Å². The minimum atomic E-state index is 0.0558. The molecule has 2 aliphatic rings. The molecule has 1 aromatic rings.